The van der Waals surface area contributed by atoms with E-state index in [1.165, 1.54) is 0 Å². The molecule has 0 aliphatic heterocycles. The van der Waals surface area contributed by atoms with Crippen LogP contribution >= 0.6 is 11.6 Å². The summed E-state index contributed by atoms with van der Waals surface area (Å²) in [5.41, 5.74) is -0.105. The molecule has 0 bridgehead atoms. The first kappa shape index (κ1) is 24.1. The van der Waals surface area contributed by atoms with Crippen LogP contribution in [0.3, 0.4) is 0 Å². The molecule has 0 atom stereocenters. The molecule has 0 saturated carbocycles. The Morgan fingerprint density at radius 2 is 1.82 bits per heavy atom. The van der Waals surface area contributed by atoms with Crippen LogP contribution in [0.15, 0.2) is 18.2 Å². The minimum Gasteiger partial charge on any atom is -0.490 e. The Hall–Kier alpha value is -1.95. The molecule has 0 heterocycles. The first-order chi connectivity index (χ1) is 13.2. The van der Waals surface area contributed by atoms with E-state index in [9.17, 15) is 9.59 Å². The molecule has 0 spiro atoms. The van der Waals surface area contributed by atoms with Gasteiger partial charge in [0.1, 0.15) is 5.60 Å². The van der Waals surface area contributed by atoms with E-state index in [0.29, 0.717) is 36.1 Å². The second kappa shape index (κ2) is 12.5. The van der Waals surface area contributed by atoms with Crippen LogP contribution in [-0.2, 0) is 9.53 Å². The quantitative estimate of drug-likeness (QED) is 0.211. The SMILES string of the molecule is CCCCCC(=O)Oc1ccc(NC(=O)OC(C)(C)C)cc1OCCCCCl. The lowest BCUT2D eigenvalue weighted by Gasteiger charge is -2.20. The molecular formula is C21H32ClNO5. The van der Waals surface area contributed by atoms with Crippen molar-refractivity contribution >= 4 is 29.4 Å². The highest BCUT2D eigenvalue weighted by Gasteiger charge is 2.17. The predicted molar refractivity (Wildman–Crippen MR) is 112 cm³/mol. The van der Waals surface area contributed by atoms with E-state index in [1.807, 2.05) is 0 Å². The number of nitrogens with one attached hydrogen (secondary N) is 1. The van der Waals surface area contributed by atoms with Crippen molar-refractivity contribution in [2.75, 3.05) is 17.8 Å². The van der Waals surface area contributed by atoms with Gasteiger partial charge in [0, 0.05) is 24.1 Å². The van der Waals surface area contributed by atoms with E-state index in [1.54, 1.807) is 39.0 Å². The zero-order chi connectivity index (χ0) is 21.0. The molecule has 0 saturated heterocycles. The maximum Gasteiger partial charge on any atom is 0.412 e. The monoisotopic (exact) mass is 413 g/mol. The van der Waals surface area contributed by atoms with Crippen molar-refractivity contribution in [3.63, 3.8) is 0 Å². The number of hydrogen-bond acceptors (Lipinski definition) is 5. The first-order valence-electron chi connectivity index (χ1n) is 9.78. The highest BCUT2D eigenvalue weighted by Crippen LogP contribution is 2.31. The van der Waals surface area contributed by atoms with Crippen molar-refractivity contribution in [2.24, 2.45) is 0 Å². The summed E-state index contributed by atoms with van der Waals surface area (Å²) in [5, 5.41) is 2.66. The van der Waals surface area contributed by atoms with Gasteiger partial charge in [-0.25, -0.2) is 4.79 Å². The Kier molecular flexibility index (Phi) is 10.8. The number of unbranched alkanes of at least 4 members (excludes halogenated alkanes) is 3. The lowest BCUT2D eigenvalue weighted by atomic mass is 10.2. The van der Waals surface area contributed by atoms with Gasteiger partial charge in [-0.05, 0) is 52.2 Å². The van der Waals surface area contributed by atoms with Crippen LogP contribution in [0.1, 0.15) is 66.2 Å². The van der Waals surface area contributed by atoms with Crippen molar-refractivity contribution < 1.29 is 23.8 Å². The fourth-order valence-corrected chi connectivity index (χ4v) is 2.47. The summed E-state index contributed by atoms with van der Waals surface area (Å²) in [6.07, 6.45) is 4.20. The summed E-state index contributed by atoms with van der Waals surface area (Å²) in [6, 6.07) is 4.88. The van der Waals surface area contributed by atoms with Crippen LogP contribution in [0.4, 0.5) is 10.5 Å². The number of benzene rings is 1. The van der Waals surface area contributed by atoms with E-state index in [0.717, 1.165) is 32.1 Å². The number of alkyl halides is 1. The standard InChI is InChI=1S/C21H32ClNO5/c1-5-6-7-10-19(24)27-17-12-11-16(23-20(25)28-21(2,3)4)15-18(17)26-14-9-8-13-22/h11-12,15H,5-10,13-14H2,1-4H3,(H,23,25). The minimum atomic E-state index is -0.598. The van der Waals surface area contributed by atoms with Crippen LogP contribution in [0.25, 0.3) is 0 Å². The van der Waals surface area contributed by atoms with Gasteiger partial charge in [0.05, 0.1) is 6.61 Å². The van der Waals surface area contributed by atoms with Gasteiger partial charge in [0.15, 0.2) is 11.5 Å². The van der Waals surface area contributed by atoms with Gasteiger partial charge in [-0.2, -0.15) is 0 Å². The van der Waals surface area contributed by atoms with Gasteiger partial charge in [-0.15, -0.1) is 11.6 Å². The summed E-state index contributed by atoms with van der Waals surface area (Å²) in [6.45, 7) is 7.88. The molecular weight excluding hydrogens is 382 g/mol. The van der Waals surface area contributed by atoms with Crippen molar-refractivity contribution in [2.45, 2.75) is 71.8 Å². The van der Waals surface area contributed by atoms with E-state index in [2.05, 4.69) is 12.2 Å². The molecule has 6 nitrogen and oxygen atoms in total. The van der Waals surface area contributed by atoms with Gasteiger partial charge >= 0.3 is 12.1 Å². The Balaban J connectivity index is 2.83. The number of hydrogen-bond donors (Lipinski definition) is 1. The molecule has 0 aliphatic carbocycles. The van der Waals surface area contributed by atoms with Crippen LogP contribution in [-0.4, -0.2) is 30.2 Å². The van der Waals surface area contributed by atoms with Crippen LogP contribution < -0.4 is 14.8 Å². The predicted octanol–water partition coefficient (Wildman–Crippen LogP) is 5.92. The lowest BCUT2D eigenvalue weighted by molar-refractivity contribution is -0.134. The number of carbonyl (C=O) groups is 2. The number of rotatable bonds is 11. The molecule has 1 amide bonds. The molecule has 28 heavy (non-hydrogen) atoms. The van der Waals surface area contributed by atoms with Crippen LogP contribution in [0.2, 0.25) is 0 Å². The smallest absolute Gasteiger partial charge is 0.412 e. The Bertz CT molecular complexity index is 628. The van der Waals surface area contributed by atoms with Crippen molar-refractivity contribution in [3.8, 4) is 11.5 Å². The number of halogens is 1. The normalized spacial score (nSPS) is 11.0. The summed E-state index contributed by atoms with van der Waals surface area (Å²) < 4.78 is 16.5. The average molecular weight is 414 g/mol. The number of esters is 1. The van der Waals surface area contributed by atoms with E-state index in [4.69, 9.17) is 25.8 Å². The number of amides is 1. The molecule has 0 fully saturated rings. The molecule has 0 radical (unpaired) electrons. The fourth-order valence-electron chi connectivity index (χ4n) is 2.28. The molecule has 0 unspecified atom stereocenters. The van der Waals surface area contributed by atoms with Crippen LogP contribution in [0, 0.1) is 0 Å². The summed E-state index contributed by atoms with van der Waals surface area (Å²) in [7, 11) is 0. The molecule has 0 aliphatic rings. The molecule has 1 aromatic rings. The molecule has 1 aromatic carbocycles. The molecule has 1 rings (SSSR count). The number of ether oxygens (including phenoxy) is 3. The highest BCUT2D eigenvalue weighted by molar-refractivity contribution is 6.17. The zero-order valence-corrected chi connectivity index (χ0v) is 18.1. The summed E-state index contributed by atoms with van der Waals surface area (Å²) in [5.74, 6) is 0.990. The van der Waals surface area contributed by atoms with Gasteiger partial charge < -0.3 is 14.2 Å². The first-order valence-corrected chi connectivity index (χ1v) is 10.3. The lowest BCUT2D eigenvalue weighted by Crippen LogP contribution is -2.27. The average Bonchev–Trinajstić information content (AvgIpc) is 2.59. The van der Waals surface area contributed by atoms with Gasteiger partial charge in [0.2, 0.25) is 0 Å². The van der Waals surface area contributed by atoms with Crippen molar-refractivity contribution in [1.29, 1.82) is 0 Å². The maximum absolute atomic E-state index is 12.1. The van der Waals surface area contributed by atoms with Gasteiger partial charge in [0.25, 0.3) is 0 Å². The Morgan fingerprint density at radius 3 is 2.46 bits per heavy atom. The molecule has 1 N–H and O–H groups in total. The Morgan fingerprint density at radius 1 is 1.07 bits per heavy atom. The van der Waals surface area contributed by atoms with Crippen molar-refractivity contribution in [1.82, 2.24) is 0 Å². The van der Waals surface area contributed by atoms with E-state index < -0.39 is 11.7 Å². The van der Waals surface area contributed by atoms with Crippen molar-refractivity contribution in [3.05, 3.63) is 18.2 Å². The van der Waals surface area contributed by atoms with Gasteiger partial charge in [-0.3, -0.25) is 10.1 Å². The third-order valence-corrected chi connectivity index (χ3v) is 3.85. The number of carbonyl (C=O) groups excluding carboxylic acids is 2. The highest BCUT2D eigenvalue weighted by atomic mass is 35.5. The van der Waals surface area contributed by atoms with Crippen LogP contribution in [0.5, 0.6) is 11.5 Å². The minimum absolute atomic E-state index is 0.299. The summed E-state index contributed by atoms with van der Waals surface area (Å²) in [4.78, 5) is 24.0. The third kappa shape index (κ3) is 10.4. The zero-order valence-electron chi connectivity index (χ0n) is 17.3. The maximum atomic E-state index is 12.1. The third-order valence-electron chi connectivity index (χ3n) is 3.58. The fraction of sp³-hybridized carbons (Fsp3) is 0.619. The Labute approximate surface area is 172 Å². The second-order valence-electron chi connectivity index (χ2n) is 7.46. The van der Waals surface area contributed by atoms with E-state index >= 15 is 0 Å². The molecule has 158 valence electrons. The molecule has 7 heteroatoms. The second-order valence-corrected chi connectivity index (χ2v) is 7.84. The number of anilines is 1. The van der Waals surface area contributed by atoms with Gasteiger partial charge in [-0.1, -0.05) is 19.8 Å². The summed E-state index contributed by atoms with van der Waals surface area (Å²) >= 11 is 5.69. The largest absolute Gasteiger partial charge is 0.490 e. The topological polar surface area (TPSA) is 73.9 Å². The molecule has 0 aromatic heterocycles. The van der Waals surface area contributed by atoms with E-state index in [-0.39, 0.29) is 5.97 Å².